The van der Waals surface area contributed by atoms with Gasteiger partial charge >= 0.3 is 0 Å². The van der Waals surface area contributed by atoms with E-state index in [9.17, 15) is 8.42 Å². The van der Waals surface area contributed by atoms with Gasteiger partial charge in [0, 0.05) is 12.3 Å². The lowest BCUT2D eigenvalue weighted by Gasteiger charge is -2.17. The van der Waals surface area contributed by atoms with Gasteiger partial charge in [0.2, 0.25) is 0 Å². The first kappa shape index (κ1) is 14.8. The number of benzene rings is 1. The molecule has 0 radical (unpaired) electrons. The van der Waals surface area contributed by atoms with E-state index < -0.39 is 9.84 Å². The molecule has 0 heterocycles. The van der Waals surface area contributed by atoms with Gasteiger partial charge in [-0.15, -0.1) is 0 Å². The van der Waals surface area contributed by atoms with Crippen molar-refractivity contribution in [3.8, 4) is 5.75 Å². The van der Waals surface area contributed by atoms with E-state index in [-0.39, 0.29) is 11.8 Å². The minimum absolute atomic E-state index is 0.106. The lowest BCUT2D eigenvalue weighted by atomic mass is 10.2. The third kappa shape index (κ3) is 5.40. The lowest BCUT2D eigenvalue weighted by molar-refractivity contribution is 0.318. The SMILES string of the molecule is CCCOc1ccccc1NC(C)CS(C)(=O)=O. The van der Waals surface area contributed by atoms with Crippen molar-refractivity contribution in [1.82, 2.24) is 0 Å². The summed E-state index contributed by atoms with van der Waals surface area (Å²) in [5, 5.41) is 3.17. The molecule has 0 fully saturated rings. The van der Waals surface area contributed by atoms with Gasteiger partial charge < -0.3 is 10.1 Å². The molecule has 5 heteroatoms. The van der Waals surface area contributed by atoms with Crippen LogP contribution in [0.2, 0.25) is 0 Å². The molecular weight excluding hydrogens is 250 g/mol. The largest absolute Gasteiger partial charge is 0.491 e. The first-order valence-electron chi connectivity index (χ1n) is 6.08. The molecule has 1 atom stereocenters. The molecule has 0 aromatic heterocycles. The highest BCUT2D eigenvalue weighted by Crippen LogP contribution is 2.24. The molecule has 0 saturated heterocycles. The Hall–Kier alpha value is -1.23. The Labute approximate surface area is 109 Å². The zero-order valence-corrected chi connectivity index (χ0v) is 12.0. The summed E-state index contributed by atoms with van der Waals surface area (Å²) < 4.78 is 28.0. The number of para-hydroxylation sites is 2. The Balaban J connectivity index is 2.71. The fraction of sp³-hybridized carbons (Fsp3) is 0.538. The van der Waals surface area contributed by atoms with E-state index in [1.165, 1.54) is 6.26 Å². The molecular formula is C13H21NO3S. The van der Waals surface area contributed by atoms with Gasteiger partial charge in [-0.2, -0.15) is 0 Å². The topological polar surface area (TPSA) is 55.4 Å². The molecule has 0 saturated carbocycles. The zero-order chi connectivity index (χ0) is 13.6. The second kappa shape index (κ2) is 6.64. The average molecular weight is 271 g/mol. The van der Waals surface area contributed by atoms with Gasteiger partial charge in [0.05, 0.1) is 18.0 Å². The summed E-state index contributed by atoms with van der Waals surface area (Å²) in [7, 11) is -2.98. The predicted octanol–water partition coefficient (Wildman–Crippen LogP) is 2.32. The molecule has 1 N–H and O–H groups in total. The normalized spacial score (nSPS) is 13.1. The van der Waals surface area contributed by atoms with Crippen molar-refractivity contribution < 1.29 is 13.2 Å². The van der Waals surface area contributed by atoms with Gasteiger partial charge in [-0.3, -0.25) is 0 Å². The number of sulfone groups is 1. The average Bonchev–Trinajstić information content (AvgIpc) is 2.25. The van der Waals surface area contributed by atoms with Crippen LogP contribution in [0.5, 0.6) is 5.75 Å². The highest BCUT2D eigenvalue weighted by molar-refractivity contribution is 7.90. The number of hydrogen-bond acceptors (Lipinski definition) is 4. The van der Waals surface area contributed by atoms with Crippen molar-refractivity contribution in [2.75, 3.05) is 23.9 Å². The van der Waals surface area contributed by atoms with Crippen molar-refractivity contribution in [2.24, 2.45) is 0 Å². The number of ether oxygens (including phenoxy) is 1. The summed E-state index contributed by atoms with van der Waals surface area (Å²) in [6.45, 7) is 4.54. The fourth-order valence-corrected chi connectivity index (χ4v) is 2.68. The van der Waals surface area contributed by atoms with Crippen LogP contribution in [0.15, 0.2) is 24.3 Å². The zero-order valence-electron chi connectivity index (χ0n) is 11.1. The Morgan fingerprint density at radius 2 is 2.00 bits per heavy atom. The quantitative estimate of drug-likeness (QED) is 0.827. The van der Waals surface area contributed by atoms with Crippen molar-refractivity contribution in [3.05, 3.63) is 24.3 Å². The highest BCUT2D eigenvalue weighted by Gasteiger charge is 2.12. The van der Waals surface area contributed by atoms with E-state index in [1.807, 2.05) is 38.1 Å². The molecule has 0 bridgehead atoms. The fourth-order valence-electron chi connectivity index (χ4n) is 1.69. The standard InChI is InChI=1S/C13H21NO3S/c1-4-9-17-13-8-6-5-7-12(13)14-11(2)10-18(3,15)16/h5-8,11,14H,4,9-10H2,1-3H3. The van der Waals surface area contributed by atoms with Crippen LogP contribution in [0, 0.1) is 0 Å². The van der Waals surface area contributed by atoms with E-state index in [0.717, 1.165) is 17.9 Å². The second-order valence-electron chi connectivity index (χ2n) is 4.48. The molecule has 1 unspecified atom stereocenters. The maximum absolute atomic E-state index is 11.2. The third-order valence-corrected chi connectivity index (χ3v) is 3.41. The third-order valence-electron chi connectivity index (χ3n) is 2.30. The maximum atomic E-state index is 11.2. The summed E-state index contributed by atoms with van der Waals surface area (Å²) >= 11 is 0. The number of nitrogens with one attached hydrogen (secondary N) is 1. The van der Waals surface area contributed by atoms with Gasteiger partial charge in [-0.05, 0) is 25.5 Å². The molecule has 1 rings (SSSR count). The summed E-state index contributed by atoms with van der Waals surface area (Å²) in [6, 6.07) is 7.42. The van der Waals surface area contributed by atoms with Gasteiger partial charge in [0.25, 0.3) is 0 Å². The Kier molecular flexibility index (Phi) is 5.47. The first-order chi connectivity index (χ1) is 8.42. The molecule has 0 aliphatic heterocycles. The van der Waals surface area contributed by atoms with Crippen LogP contribution in [0.4, 0.5) is 5.69 Å². The van der Waals surface area contributed by atoms with Crippen LogP contribution in [-0.2, 0) is 9.84 Å². The van der Waals surface area contributed by atoms with Gasteiger partial charge in [-0.1, -0.05) is 19.1 Å². The number of rotatable bonds is 7. The predicted molar refractivity (Wildman–Crippen MR) is 75.0 cm³/mol. The number of hydrogen-bond donors (Lipinski definition) is 1. The minimum atomic E-state index is -2.98. The molecule has 0 aliphatic carbocycles. The van der Waals surface area contributed by atoms with Crippen LogP contribution >= 0.6 is 0 Å². The Morgan fingerprint density at radius 3 is 2.61 bits per heavy atom. The van der Waals surface area contributed by atoms with Gasteiger partial charge in [0.1, 0.15) is 15.6 Å². The summed E-state index contributed by atoms with van der Waals surface area (Å²) in [5.74, 6) is 0.870. The van der Waals surface area contributed by atoms with Crippen LogP contribution in [0.25, 0.3) is 0 Å². The van der Waals surface area contributed by atoms with Crippen LogP contribution < -0.4 is 10.1 Å². The maximum Gasteiger partial charge on any atom is 0.149 e. The Bertz CT molecular complexity index is 471. The lowest BCUT2D eigenvalue weighted by Crippen LogP contribution is -2.25. The minimum Gasteiger partial charge on any atom is -0.491 e. The van der Waals surface area contributed by atoms with Crippen LogP contribution in [-0.4, -0.2) is 33.1 Å². The molecule has 18 heavy (non-hydrogen) atoms. The Morgan fingerprint density at radius 1 is 1.33 bits per heavy atom. The number of anilines is 1. The van der Waals surface area contributed by atoms with Gasteiger partial charge in [0.15, 0.2) is 0 Å². The summed E-state index contributed by atoms with van der Waals surface area (Å²) in [4.78, 5) is 0. The van der Waals surface area contributed by atoms with Crippen molar-refractivity contribution >= 4 is 15.5 Å². The van der Waals surface area contributed by atoms with Gasteiger partial charge in [-0.25, -0.2) is 8.42 Å². The molecule has 0 amide bonds. The summed E-state index contributed by atoms with van der Waals surface area (Å²) in [6.07, 6.45) is 2.18. The molecule has 0 aliphatic rings. The van der Waals surface area contributed by atoms with Crippen molar-refractivity contribution in [1.29, 1.82) is 0 Å². The molecule has 0 spiro atoms. The molecule has 1 aromatic carbocycles. The summed E-state index contributed by atoms with van der Waals surface area (Å²) in [5.41, 5.74) is 0.835. The van der Waals surface area contributed by atoms with E-state index >= 15 is 0 Å². The van der Waals surface area contributed by atoms with E-state index in [0.29, 0.717) is 6.61 Å². The highest BCUT2D eigenvalue weighted by atomic mass is 32.2. The van der Waals surface area contributed by atoms with E-state index in [4.69, 9.17) is 4.74 Å². The first-order valence-corrected chi connectivity index (χ1v) is 8.14. The van der Waals surface area contributed by atoms with Crippen LogP contribution in [0.3, 0.4) is 0 Å². The van der Waals surface area contributed by atoms with Crippen LogP contribution in [0.1, 0.15) is 20.3 Å². The van der Waals surface area contributed by atoms with E-state index in [2.05, 4.69) is 5.32 Å². The molecule has 4 nitrogen and oxygen atoms in total. The molecule has 102 valence electrons. The van der Waals surface area contributed by atoms with Crippen molar-refractivity contribution in [2.45, 2.75) is 26.3 Å². The molecule has 1 aromatic rings. The smallest absolute Gasteiger partial charge is 0.149 e. The second-order valence-corrected chi connectivity index (χ2v) is 6.67. The monoisotopic (exact) mass is 271 g/mol. The van der Waals surface area contributed by atoms with Crippen molar-refractivity contribution in [3.63, 3.8) is 0 Å². The van der Waals surface area contributed by atoms with E-state index in [1.54, 1.807) is 0 Å².